The molecule has 2 aromatic rings. The molecule has 102 valence electrons. The number of rotatable bonds is 2. The van der Waals surface area contributed by atoms with Crippen LogP contribution in [0.15, 0.2) is 48.5 Å². The smallest absolute Gasteiger partial charge is 0.241 e. The zero-order valence-corrected chi connectivity index (χ0v) is 11.5. The Kier molecular flexibility index (Phi) is 3.52. The normalized spacial score (nSPS) is 17.4. The fourth-order valence-corrected chi connectivity index (χ4v) is 2.59. The summed E-state index contributed by atoms with van der Waals surface area (Å²) in [5, 5.41) is 6.28. The van der Waals surface area contributed by atoms with E-state index >= 15 is 0 Å². The average molecular weight is 266 g/mol. The van der Waals surface area contributed by atoms with Crippen molar-refractivity contribution in [2.45, 2.75) is 25.9 Å². The number of carbonyl (C=O) groups excluding carboxylic acids is 1. The van der Waals surface area contributed by atoms with Crippen molar-refractivity contribution in [1.29, 1.82) is 0 Å². The van der Waals surface area contributed by atoms with Crippen molar-refractivity contribution in [1.82, 2.24) is 5.32 Å². The van der Waals surface area contributed by atoms with Gasteiger partial charge in [-0.15, -0.1) is 0 Å². The highest BCUT2D eigenvalue weighted by Crippen LogP contribution is 2.17. The van der Waals surface area contributed by atoms with Gasteiger partial charge in [-0.3, -0.25) is 4.79 Å². The second-order valence-corrected chi connectivity index (χ2v) is 5.27. The second kappa shape index (κ2) is 5.47. The summed E-state index contributed by atoms with van der Waals surface area (Å²) in [4.78, 5) is 12.3. The molecule has 0 fully saturated rings. The molecule has 1 heterocycles. The van der Waals surface area contributed by atoms with E-state index in [0.29, 0.717) is 0 Å². The number of fused-ring (bicyclic) bond motifs is 1. The molecule has 0 aliphatic carbocycles. The summed E-state index contributed by atoms with van der Waals surface area (Å²) in [7, 11) is 0. The molecule has 1 amide bonds. The highest BCUT2D eigenvalue weighted by Gasteiger charge is 2.23. The Bertz CT molecular complexity index is 636. The molecule has 0 spiro atoms. The topological polar surface area (TPSA) is 41.1 Å². The summed E-state index contributed by atoms with van der Waals surface area (Å²) in [6.07, 6.45) is 0.744. The Hall–Kier alpha value is -2.13. The number of carbonyl (C=O) groups is 1. The molecule has 1 atom stereocenters. The van der Waals surface area contributed by atoms with Crippen molar-refractivity contribution >= 4 is 11.6 Å². The number of benzene rings is 2. The molecule has 0 saturated carbocycles. The molecule has 0 radical (unpaired) electrons. The van der Waals surface area contributed by atoms with Crippen LogP contribution in [0.3, 0.4) is 0 Å². The zero-order valence-electron chi connectivity index (χ0n) is 11.5. The van der Waals surface area contributed by atoms with Gasteiger partial charge >= 0.3 is 0 Å². The van der Waals surface area contributed by atoms with E-state index in [9.17, 15) is 4.79 Å². The molecular formula is C17H18N2O. The van der Waals surface area contributed by atoms with Gasteiger partial charge in [-0.1, -0.05) is 36.4 Å². The van der Waals surface area contributed by atoms with Crippen molar-refractivity contribution in [2.75, 3.05) is 5.32 Å². The second-order valence-electron chi connectivity index (χ2n) is 5.27. The summed E-state index contributed by atoms with van der Waals surface area (Å²) in [5.41, 5.74) is 4.54. The predicted octanol–water partition coefficient (Wildman–Crippen LogP) is 2.65. The van der Waals surface area contributed by atoms with Gasteiger partial charge in [0, 0.05) is 12.2 Å². The van der Waals surface area contributed by atoms with Gasteiger partial charge in [-0.05, 0) is 42.2 Å². The van der Waals surface area contributed by atoms with Crippen molar-refractivity contribution < 1.29 is 4.79 Å². The molecule has 0 bridgehead atoms. The average Bonchev–Trinajstić information content (AvgIpc) is 2.47. The van der Waals surface area contributed by atoms with E-state index in [2.05, 4.69) is 22.8 Å². The van der Waals surface area contributed by atoms with Crippen LogP contribution in [0, 0.1) is 6.92 Å². The van der Waals surface area contributed by atoms with E-state index in [-0.39, 0.29) is 11.9 Å². The van der Waals surface area contributed by atoms with Gasteiger partial charge in [0.15, 0.2) is 0 Å². The summed E-state index contributed by atoms with van der Waals surface area (Å²) in [6.45, 7) is 2.77. The third-order valence-corrected chi connectivity index (χ3v) is 3.68. The SMILES string of the molecule is Cc1cccc(NC(=O)[C@H]2Cc3ccccc3CN2)c1. The third kappa shape index (κ3) is 2.73. The van der Waals surface area contributed by atoms with Crippen molar-refractivity contribution in [3.8, 4) is 0 Å². The molecular weight excluding hydrogens is 248 g/mol. The van der Waals surface area contributed by atoms with Crippen LogP contribution < -0.4 is 10.6 Å². The fourth-order valence-electron chi connectivity index (χ4n) is 2.59. The number of hydrogen-bond donors (Lipinski definition) is 2. The lowest BCUT2D eigenvalue weighted by atomic mass is 9.95. The van der Waals surface area contributed by atoms with Crippen LogP contribution in [0.2, 0.25) is 0 Å². The number of anilines is 1. The molecule has 3 heteroatoms. The van der Waals surface area contributed by atoms with Crippen LogP contribution in [0.1, 0.15) is 16.7 Å². The highest BCUT2D eigenvalue weighted by atomic mass is 16.2. The van der Waals surface area contributed by atoms with Gasteiger partial charge in [-0.2, -0.15) is 0 Å². The van der Waals surface area contributed by atoms with Crippen LogP contribution in [0.25, 0.3) is 0 Å². The molecule has 20 heavy (non-hydrogen) atoms. The third-order valence-electron chi connectivity index (χ3n) is 3.68. The van der Waals surface area contributed by atoms with Gasteiger partial charge in [0.1, 0.15) is 0 Å². The molecule has 3 nitrogen and oxygen atoms in total. The first-order valence-electron chi connectivity index (χ1n) is 6.90. The predicted molar refractivity (Wildman–Crippen MR) is 80.6 cm³/mol. The number of hydrogen-bond acceptors (Lipinski definition) is 2. The Morgan fingerprint density at radius 3 is 2.75 bits per heavy atom. The molecule has 1 aliphatic heterocycles. The van der Waals surface area contributed by atoms with E-state index in [1.807, 2.05) is 43.3 Å². The van der Waals surface area contributed by atoms with Gasteiger partial charge in [0.25, 0.3) is 0 Å². The Labute approximate surface area is 119 Å². The molecule has 0 aromatic heterocycles. The summed E-state index contributed by atoms with van der Waals surface area (Å²) < 4.78 is 0. The molecule has 1 aliphatic rings. The molecule has 0 saturated heterocycles. The maximum absolute atomic E-state index is 12.3. The first-order valence-corrected chi connectivity index (χ1v) is 6.90. The fraction of sp³-hybridized carbons (Fsp3) is 0.235. The van der Waals surface area contributed by atoms with Crippen LogP contribution in [0.5, 0.6) is 0 Å². The maximum Gasteiger partial charge on any atom is 0.241 e. The minimum absolute atomic E-state index is 0.0325. The quantitative estimate of drug-likeness (QED) is 0.877. The Balaban J connectivity index is 1.70. The Morgan fingerprint density at radius 1 is 1.15 bits per heavy atom. The molecule has 2 aromatic carbocycles. The maximum atomic E-state index is 12.3. The van der Waals surface area contributed by atoms with Gasteiger partial charge in [0.05, 0.1) is 6.04 Å². The van der Waals surface area contributed by atoms with Crippen molar-refractivity contribution in [3.05, 3.63) is 65.2 Å². The lowest BCUT2D eigenvalue weighted by Crippen LogP contribution is -2.44. The minimum atomic E-state index is -0.162. The zero-order chi connectivity index (χ0) is 13.9. The van der Waals surface area contributed by atoms with E-state index in [1.54, 1.807) is 0 Å². The van der Waals surface area contributed by atoms with Crippen LogP contribution in [-0.4, -0.2) is 11.9 Å². The van der Waals surface area contributed by atoms with Crippen LogP contribution >= 0.6 is 0 Å². The summed E-state index contributed by atoms with van der Waals surface area (Å²) in [5.74, 6) is 0.0325. The number of amides is 1. The van der Waals surface area contributed by atoms with E-state index < -0.39 is 0 Å². The lowest BCUT2D eigenvalue weighted by molar-refractivity contribution is -0.118. The first-order chi connectivity index (χ1) is 9.72. The molecule has 0 unspecified atom stereocenters. The Morgan fingerprint density at radius 2 is 1.95 bits per heavy atom. The summed E-state index contributed by atoms with van der Waals surface area (Å²) in [6, 6.07) is 16.0. The standard InChI is InChI=1S/C17H18N2O/c1-12-5-4-8-15(9-12)19-17(20)16-10-13-6-2-3-7-14(13)11-18-16/h2-9,16,18H,10-11H2,1H3,(H,19,20)/t16-/m1/s1. The van der Waals surface area contributed by atoms with E-state index in [0.717, 1.165) is 24.2 Å². The van der Waals surface area contributed by atoms with Crippen molar-refractivity contribution in [3.63, 3.8) is 0 Å². The highest BCUT2D eigenvalue weighted by molar-refractivity contribution is 5.95. The number of nitrogens with one attached hydrogen (secondary N) is 2. The minimum Gasteiger partial charge on any atom is -0.325 e. The molecule has 2 N–H and O–H groups in total. The van der Waals surface area contributed by atoms with Gasteiger partial charge < -0.3 is 10.6 Å². The van der Waals surface area contributed by atoms with E-state index in [1.165, 1.54) is 11.1 Å². The number of aryl methyl sites for hydroxylation is 1. The summed E-state index contributed by atoms with van der Waals surface area (Å²) >= 11 is 0. The van der Waals surface area contributed by atoms with Gasteiger partial charge in [0.2, 0.25) is 5.91 Å². The molecule has 3 rings (SSSR count). The first kappa shape index (κ1) is 12.9. The monoisotopic (exact) mass is 266 g/mol. The largest absolute Gasteiger partial charge is 0.325 e. The van der Waals surface area contributed by atoms with Crippen LogP contribution in [-0.2, 0) is 17.8 Å². The van der Waals surface area contributed by atoms with E-state index in [4.69, 9.17) is 0 Å². The van der Waals surface area contributed by atoms with Gasteiger partial charge in [-0.25, -0.2) is 0 Å². The van der Waals surface area contributed by atoms with Crippen molar-refractivity contribution in [2.24, 2.45) is 0 Å². The van der Waals surface area contributed by atoms with Crippen LogP contribution in [0.4, 0.5) is 5.69 Å². The lowest BCUT2D eigenvalue weighted by Gasteiger charge is -2.25.